The first-order valence-electron chi connectivity index (χ1n) is 8.74. The second-order valence-corrected chi connectivity index (χ2v) is 6.01. The Morgan fingerprint density at radius 2 is 1.74 bits per heavy atom. The summed E-state index contributed by atoms with van der Waals surface area (Å²) in [5.74, 6) is 0.738. The minimum atomic E-state index is -0.777. The predicted molar refractivity (Wildman–Crippen MR) is 95.0 cm³/mol. The highest BCUT2D eigenvalue weighted by Gasteiger charge is 2.33. The average molecular weight is 321 g/mol. The van der Waals surface area contributed by atoms with Gasteiger partial charge in [-0.15, -0.1) is 0 Å². The number of unbranched alkanes of at least 4 members (excludes halogenated alkanes) is 1. The van der Waals surface area contributed by atoms with Crippen LogP contribution in [0, 0.1) is 0 Å². The Morgan fingerprint density at radius 3 is 2.30 bits per heavy atom. The third kappa shape index (κ3) is 6.61. The molecule has 23 heavy (non-hydrogen) atoms. The van der Waals surface area contributed by atoms with Gasteiger partial charge in [-0.05, 0) is 50.5 Å². The Balaban J connectivity index is 2.63. The molecule has 0 radical (unpaired) electrons. The van der Waals surface area contributed by atoms with Crippen molar-refractivity contribution in [3.05, 3.63) is 24.3 Å². The van der Waals surface area contributed by atoms with Gasteiger partial charge in [-0.2, -0.15) is 0 Å². The lowest BCUT2D eigenvalue weighted by Crippen LogP contribution is -2.43. The number of amides is 1. The van der Waals surface area contributed by atoms with Gasteiger partial charge < -0.3 is 14.8 Å². The number of hydrogen-bond acceptors (Lipinski definition) is 3. The summed E-state index contributed by atoms with van der Waals surface area (Å²) >= 11 is 0. The molecule has 0 spiro atoms. The SMILES string of the molecule is CCCCOc1ccc(NC(=O)C(C)(CCC)OCCC)cc1. The van der Waals surface area contributed by atoms with Gasteiger partial charge in [0.15, 0.2) is 0 Å². The maximum absolute atomic E-state index is 12.6. The average Bonchev–Trinajstić information content (AvgIpc) is 2.55. The zero-order valence-electron chi connectivity index (χ0n) is 15.0. The van der Waals surface area contributed by atoms with E-state index in [0.29, 0.717) is 13.0 Å². The molecule has 4 nitrogen and oxygen atoms in total. The van der Waals surface area contributed by atoms with Crippen molar-refractivity contribution in [3.63, 3.8) is 0 Å². The van der Waals surface area contributed by atoms with Gasteiger partial charge in [-0.3, -0.25) is 4.79 Å². The highest BCUT2D eigenvalue weighted by molar-refractivity contribution is 5.97. The highest BCUT2D eigenvalue weighted by atomic mass is 16.5. The maximum atomic E-state index is 12.6. The van der Waals surface area contributed by atoms with Crippen LogP contribution in [0.2, 0.25) is 0 Å². The van der Waals surface area contributed by atoms with E-state index < -0.39 is 5.60 Å². The molecule has 1 rings (SSSR count). The van der Waals surface area contributed by atoms with E-state index in [1.54, 1.807) is 0 Å². The summed E-state index contributed by atoms with van der Waals surface area (Å²) in [5, 5.41) is 2.95. The molecular weight excluding hydrogens is 290 g/mol. The fraction of sp³-hybridized carbons (Fsp3) is 0.632. The van der Waals surface area contributed by atoms with Gasteiger partial charge in [-0.25, -0.2) is 0 Å². The van der Waals surface area contributed by atoms with Crippen molar-refractivity contribution in [2.75, 3.05) is 18.5 Å². The molecule has 1 aromatic rings. The fourth-order valence-electron chi connectivity index (χ4n) is 2.29. The Labute approximate surface area is 140 Å². The van der Waals surface area contributed by atoms with Crippen LogP contribution in [-0.4, -0.2) is 24.7 Å². The van der Waals surface area contributed by atoms with Gasteiger partial charge in [0.2, 0.25) is 0 Å². The molecule has 0 aromatic heterocycles. The van der Waals surface area contributed by atoms with Crippen molar-refractivity contribution in [1.82, 2.24) is 0 Å². The smallest absolute Gasteiger partial charge is 0.256 e. The van der Waals surface area contributed by atoms with Gasteiger partial charge >= 0.3 is 0 Å². The Morgan fingerprint density at radius 1 is 1.04 bits per heavy atom. The van der Waals surface area contributed by atoms with Crippen LogP contribution >= 0.6 is 0 Å². The molecule has 0 aliphatic heterocycles. The van der Waals surface area contributed by atoms with E-state index in [-0.39, 0.29) is 5.91 Å². The van der Waals surface area contributed by atoms with Crippen LogP contribution in [0.3, 0.4) is 0 Å². The molecule has 1 atom stereocenters. The van der Waals surface area contributed by atoms with Crippen LogP contribution in [0.5, 0.6) is 5.75 Å². The van der Waals surface area contributed by atoms with Gasteiger partial charge in [-0.1, -0.05) is 33.6 Å². The summed E-state index contributed by atoms with van der Waals surface area (Å²) in [4.78, 5) is 12.6. The number of carbonyl (C=O) groups excluding carboxylic acids is 1. The number of hydrogen-bond donors (Lipinski definition) is 1. The highest BCUT2D eigenvalue weighted by Crippen LogP contribution is 2.22. The van der Waals surface area contributed by atoms with Crippen LogP contribution in [-0.2, 0) is 9.53 Å². The molecule has 0 bridgehead atoms. The van der Waals surface area contributed by atoms with Crippen molar-refractivity contribution >= 4 is 11.6 Å². The Bertz CT molecular complexity index is 458. The molecule has 4 heteroatoms. The molecule has 0 aliphatic carbocycles. The van der Waals surface area contributed by atoms with Crippen molar-refractivity contribution in [2.45, 2.75) is 65.4 Å². The monoisotopic (exact) mass is 321 g/mol. The quantitative estimate of drug-likeness (QED) is 0.596. The minimum absolute atomic E-state index is 0.0903. The summed E-state index contributed by atoms with van der Waals surface area (Å²) in [7, 11) is 0. The predicted octanol–water partition coefficient (Wildman–Crippen LogP) is 4.79. The van der Waals surface area contributed by atoms with E-state index in [9.17, 15) is 4.79 Å². The number of benzene rings is 1. The van der Waals surface area contributed by atoms with Crippen molar-refractivity contribution in [1.29, 1.82) is 0 Å². The van der Waals surface area contributed by atoms with Crippen LogP contribution in [0.1, 0.15) is 59.8 Å². The van der Waals surface area contributed by atoms with E-state index >= 15 is 0 Å². The lowest BCUT2D eigenvalue weighted by molar-refractivity contribution is -0.140. The largest absolute Gasteiger partial charge is 0.494 e. The molecule has 0 fully saturated rings. The molecule has 0 heterocycles. The molecule has 1 amide bonds. The van der Waals surface area contributed by atoms with Crippen LogP contribution < -0.4 is 10.1 Å². The Kier molecular flexibility index (Phi) is 8.70. The van der Waals surface area contributed by atoms with Crippen molar-refractivity contribution in [2.24, 2.45) is 0 Å². The topological polar surface area (TPSA) is 47.6 Å². The van der Waals surface area contributed by atoms with Gasteiger partial charge in [0.05, 0.1) is 6.61 Å². The zero-order valence-corrected chi connectivity index (χ0v) is 15.0. The van der Waals surface area contributed by atoms with E-state index in [0.717, 1.165) is 43.7 Å². The molecule has 0 saturated carbocycles. The standard InChI is InChI=1S/C19H31NO3/c1-5-8-15-22-17-11-9-16(10-12-17)20-18(21)19(4,13-6-2)23-14-7-3/h9-12H,5-8,13-15H2,1-4H3,(H,20,21). The number of anilines is 1. The third-order valence-corrected chi connectivity index (χ3v) is 3.71. The van der Waals surface area contributed by atoms with Gasteiger partial charge in [0.25, 0.3) is 5.91 Å². The molecular formula is C19H31NO3. The maximum Gasteiger partial charge on any atom is 0.256 e. The zero-order chi connectivity index (χ0) is 17.1. The third-order valence-electron chi connectivity index (χ3n) is 3.71. The number of carbonyl (C=O) groups is 1. The van der Waals surface area contributed by atoms with Gasteiger partial charge in [0.1, 0.15) is 11.4 Å². The van der Waals surface area contributed by atoms with E-state index in [4.69, 9.17) is 9.47 Å². The van der Waals surface area contributed by atoms with Crippen LogP contribution in [0.15, 0.2) is 24.3 Å². The fourth-order valence-corrected chi connectivity index (χ4v) is 2.29. The first-order valence-corrected chi connectivity index (χ1v) is 8.74. The molecule has 130 valence electrons. The van der Waals surface area contributed by atoms with Crippen molar-refractivity contribution < 1.29 is 14.3 Å². The molecule has 0 saturated heterocycles. The summed E-state index contributed by atoms with van der Waals surface area (Å²) in [6.45, 7) is 9.42. The summed E-state index contributed by atoms with van der Waals surface area (Å²) < 4.78 is 11.4. The Hall–Kier alpha value is -1.55. The van der Waals surface area contributed by atoms with E-state index in [1.165, 1.54) is 0 Å². The second kappa shape index (κ2) is 10.3. The first kappa shape index (κ1) is 19.5. The van der Waals surface area contributed by atoms with E-state index in [2.05, 4.69) is 19.2 Å². The lowest BCUT2D eigenvalue weighted by Gasteiger charge is -2.28. The second-order valence-electron chi connectivity index (χ2n) is 6.01. The molecule has 0 aliphatic rings. The molecule has 1 N–H and O–H groups in total. The normalized spacial score (nSPS) is 13.4. The first-order chi connectivity index (χ1) is 11.1. The summed E-state index contributed by atoms with van der Waals surface area (Å²) in [6.07, 6.45) is 4.66. The summed E-state index contributed by atoms with van der Waals surface area (Å²) in [6, 6.07) is 7.50. The minimum Gasteiger partial charge on any atom is -0.494 e. The lowest BCUT2D eigenvalue weighted by atomic mass is 9.99. The van der Waals surface area contributed by atoms with Crippen molar-refractivity contribution in [3.8, 4) is 5.75 Å². The molecule has 1 unspecified atom stereocenters. The number of ether oxygens (including phenoxy) is 2. The van der Waals surface area contributed by atoms with Gasteiger partial charge in [0, 0.05) is 12.3 Å². The number of rotatable bonds is 11. The number of nitrogens with one attached hydrogen (secondary N) is 1. The van der Waals surface area contributed by atoms with Crippen LogP contribution in [0.4, 0.5) is 5.69 Å². The van der Waals surface area contributed by atoms with E-state index in [1.807, 2.05) is 38.1 Å². The molecule has 1 aromatic carbocycles. The summed E-state index contributed by atoms with van der Waals surface area (Å²) in [5.41, 5.74) is -0.0126. The van der Waals surface area contributed by atoms with Crippen LogP contribution in [0.25, 0.3) is 0 Å².